The predicted molar refractivity (Wildman–Crippen MR) is 87.4 cm³/mol. The highest BCUT2D eigenvalue weighted by Gasteiger charge is 2.12. The summed E-state index contributed by atoms with van der Waals surface area (Å²) in [4.78, 5) is 4.66. The Hall–Kier alpha value is -2.87. The first kappa shape index (κ1) is 12.8. The van der Waals surface area contributed by atoms with Gasteiger partial charge in [-0.15, -0.1) is 0 Å². The van der Waals surface area contributed by atoms with E-state index in [2.05, 4.69) is 53.5 Å². The van der Waals surface area contributed by atoms with Gasteiger partial charge in [0.25, 0.3) is 0 Å². The fourth-order valence-corrected chi connectivity index (χ4v) is 2.62. The third-order valence-corrected chi connectivity index (χ3v) is 3.82. The molecule has 0 spiro atoms. The molecule has 3 aromatic carbocycles. The minimum Gasteiger partial charge on any atom is -0.471 e. The van der Waals surface area contributed by atoms with Gasteiger partial charge >= 0.3 is 0 Å². The van der Waals surface area contributed by atoms with Gasteiger partial charge in [-0.25, -0.2) is 4.99 Å². The maximum Gasteiger partial charge on any atom is 0.215 e. The molecule has 4 rings (SSSR count). The van der Waals surface area contributed by atoms with Gasteiger partial charge in [-0.05, 0) is 23.3 Å². The van der Waals surface area contributed by atoms with Gasteiger partial charge in [0.1, 0.15) is 0 Å². The van der Waals surface area contributed by atoms with Gasteiger partial charge in [0.05, 0.1) is 11.6 Å². The van der Waals surface area contributed by atoms with Gasteiger partial charge < -0.3 is 4.74 Å². The van der Waals surface area contributed by atoms with Gasteiger partial charge in [0, 0.05) is 10.8 Å². The van der Waals surface area contributed by atoms with E-state index in [0.717, 1.165) is 16.1 Å². The third kappa shape index (κ3) is 2.40. The summed E-state index contributed by atoms with van der Waals surface area (Å²) in [5, 5.41) is 2.01. The smallest absolute Gasteiger partial charge is 0.215 e. The van der Waals surface area contributed by atoms with Gasteiger partial charge in [0.2, 0.25) is 6.23 Å². The lowest BCUT2D eigenvalue weighted by atomic mass is 10.0. The molecule has 22 heavy (non-hydrogen) atoms. The van der Waals surface area contributed by atoms with Crippen LogP contribution in [0.4, 0.5) is 0 Å². The second-order valence-electron chi connectivity index (χ2n) is 5.28. The molecule has 3 aromatic rings. The molecule has 0 bridgehead atoms. The van der Waals surface area contributed by atoms with Crippen molar-refractivity contribution in [2.24, 2.45) is 4.99 Å². The van der Waals surface area contributed by atoms with E-state index in [9.17, 15) is 0 Å². The van der Waals surface area contributed by atoms with E-state index in [0.29, 0.717) is 0 Å². The highest BCUT2D eigenvalue weighted by molar-refractivity contribution is 5.63. The second kappa shape index (κ2) is 5.49. The van der Waals surface area contributed by atoms with E-state index in [1.54, 1.807) is 6.26 Å². The minimum atomic E-state index is -0.264. The van der Waals surface area contributed by atoms with Gasteiger partial charge in [-0.3, -0.25) is 0 Å². The lowest BCUT2D eigenvalue weighted by Crippen LogP contribution is -2.29. The molecule has 0 N–H and O–H groups in total. The van der Waals surface area contributed by atoms with Crippen molar-refractivity contribution in [3.05, 3.63) is 95.0 Å². The van der Waals surface area contributed by atoms with Crippen LogP contribution in [-0.4, -0.2) is 0 Å². The van der Waals surface area contributed by atoms with E-state index in [1.807, 2.05) is 30.3 Å². The summed E-state index contributed by atoms with van der Waals surface area (Å²) in [5.41, 5.74) is 3.47. The Morgan fingerprint density at radius 3 is 2.18 bits per heavy atom. The van der Waals surface area contributed by atoms with E-state index in [-0.39, 0.29) is 6.23 Å². The Labute approximate surface area is 129 Å². The van der Waals surface area contributed by atoms with Gasteiger partial charge in [-0.2, -0.15) is 0 Å². The number of rotatable bonds is 2. The molecular formula is C20H15NO. The zero-order chi connectivity index (χ0) is 14.8. The van der Waals surface area contributed by atoms with E-state index in [4.69, 9.17) is 4.74 Å². The first-order valence-corrected chi connectivity index (χ1v) is 7.34. The fourth-order valence-electron chi connectivity index (χ4n) is 2.62. The van der Waals surface area contributed by atoms with Crippen LogP contribution in [0.15, 0.2) is 83.9 Å². The molecule has 0 saturated heterocycles. The van der Waals surface area contributed by atoms with Crippen molar-refractivity contribution in [3.63, 3.8) is 0 Å². The van der Waals surface area contributed by atoms with Gasteiger partial charge in [0.15, 0.2) is 0 Å². The van der Waals surface area contributed by atoms with Crippen molar-refractivity contribution in [2.45, 2.75) is 6.23 Å². The minimum absolute atomic E-state index is 0.264. The van der Waals surface area contributed by atoms with Crippen LogP contribution in [0.3, 0.4) is 0 Å². The molecule has 106 valence electrons. The average molecular weight is 285 g/mol. The number of hydrogen-bond donors (Lipinski definition) is 0. The molecule has 0 aliphatic carbocycles. The number of hydrogen-bond acceptors (Lipinski definition) is 2. The largest absolute Gasteiger partial charge is 0.471 e. The molecule has 1 aliphatic heterocycles. The Bertz CT molecular complexity index is 898. The zero-order valence-electron chi connectivity index (χ0n) is 12.0. The molecular weight excluding hydrogens is 270 g/mol. The topological polar surface area (TPSA) is 21.6 Å². The predicted octanol–water partition coefficient (Wildman–Crippen LogP) is 3.44. The summed E-state index contributed by atoms with van der Waals surface area (Å²) in [6.45, 7) is 0. The number of ether oxygens (including phenoxy) is 1. The van der Waals surface area contributed by atoms with Crippen LogP contribution in [0.5, 0.6) is 0 Å². The van der Waals surface area contributed by atoms with Crippen molar-refractivity contribution in [1.29, 1.82) is 0 Å². The summed E-state index contributed by atoms with van der Waals surface area (Å²) < 4.78 is 5.74. The van der Waals surface area contributed by atoms with Crippen LogP contribution < -0.4 is 10.6 Å². The quantitative estimate of drug-likeness (QED) is 0.707. The molecule has 0 radical (unpaired) electrons. The highest BCUT2D eigenvalue weighted by Crippen LogP contribution is 2.24. The van der Waals surface area contributed by atoms with Crippen LogP contribution in [-0.2, 0) is 4.74 Å². The molecule has 1 heterocycles. The third-order valence-electron chi connectivity index (χ3n) is 3.82. The number of nitrogens with zero attached hydrogens (tertiary/aromatic N) is 1. The normalized spacial score (nSPS) is 15.9. The van der Waals surface area contributed by atoms with Crippen molar-refractivity contribution < 1.29 is 4.74 Å². The molecule has 0 fully saturated rings. The number of benzene rings is 3. The van der Waals surface area contributed by atoms with E-state index >= 15 is 0 Å². The number of fused-ring (bicyclic) bond motifs is 1. The van der Waals surface area contributed by atoms with Crippen molar-refractivity contribution >= 4 is 6.26 Å². The molecule has 1 unspecified atom stereocenters. The standard InChI is InChI=1S/C20H15NO/c1-2-6-15(7-3-1)16-10-12-17(13-11-16)20-21-19-9-5-4-8-18(19)14-22-20/h1-14,20H. The van der Waals surface area contributed by atoms with Crippen molar-refractivity contribution in [1.82, 2.24) is 0 Å². The summed E-state index contributed by atoms with van der Waals surface area (Å²) in [6, 6.07) is 26.8. The van der Waals surface area contributed by atoms with Crippen molar-refractivity contribution in [3.8, 4) is 11.1 Å². The fraction of sp³-hybridized carbons (Fsp3) is 0.0500. The van der Waals surface area contributed by atoms with Gasteiger partial charge in [-0.1, -0.05) is 66.7 Å². The monoisotopic (exact) mass is 285 g/mol. The second-order valence-corrected chi connectivity index (χ2v) is 5.28. The Morgan fingerprint density at radius 2 is 1.36 bits per heavy atom. The summed E-state index contributed by atoms with van der Waals surface area (Å²) in [7, 11) is 0. The lowest BCUT2D eigenvalue weighted by Gasteiger charge is -2.16. The van der Waals surface area contributed by atoms with Crippen LogP contribution in [0, 0.1) is 0 Å². The molecule has 0 amide bonds. The highest BCUT2D eigenvalue weighted by atomic mass is 16.5. The molecule has 1 aliphatic rings. The summed E-state index contributed by atoms with van der Waals surface area (Å²) >= 11 is 0. The number of para-hydroxylation sites is 1. The molecule has 2 nitrogen and oxygen atoms in total. The first-order chi connectivity index (χ1) is 10.9. The zero-order valence-corrected chi connectivity index (χ0v) is 12.0. The summed E-state index contributed by atoms with van der Waals surface area (Å²) in [5.74, 6) is 0. The molecule has 2 heteroatoms. The molecule has 1 atom stereocenters. The van der Waals surface area contributed by atoms with Crippen LogP contribution in [0.2, 0.25) is 0 Å². The average Bonchev–Trinajstić information content (AvgIpc) is 2.62. The lowest BCUT2D eigenvalue weighted by molar-refractivity contribution is 0.182. The summed E-state index contributed by atoms with van der Waals surface area (Å²) in [6.07, 6.45) is 1.53. The SMILES string of the molecule is C1=c2ccccc2=NC(c2ccc(-c3ccccc3)cc2)O1. The van der Waals surface area contributed by atoms with E-state index in [1.165, 1.54) is 11.1 Å². The van der Waals surface area contributed by atoms with E-state index < -0.39 is 0 Å². The maximum atomic E-state index is 5.74. The molecule has 0 saturated carbocycles. The Balaban J connectivity index is 1.66. The Kier molecular flexibility index (Phi) is 3.20. The molecule has 0 aromatic heterocycles. The van der Waals surface area contributed by atoms with Crippen LogP contribution in [0.1, 0.15) is 11.8 Å². The van der Waals surface area contributed by atoms with Crippen LogP contribution in [0.25, 0.3) is 17.4 Å². The maximum absolute atomic E-state index is 5.74. The first-order valence-electron chi connectivity index (χ1n) is 7.34. The Morgan fingerprint density at radius 1 is 0.682 bits per heavy atom. The van der Waals surface area contributed by atoms with Crippen molar-refractivity contribution in [2.75, 3.05) is 0 Å². The van der Waals surface area contributed by atoms with Crippen LogP contribution >= 0.6 is 0 Å².